The minimum atomic E-state index is -0.493. The van der Waals surface area contributed by atoms with Gasteiger partial charge < -0.3 is 4.57 Å². The van der Waals surface area contributed by atoms with Crippen LogP contribution in [0.25, 0.3) is 0 Å². The van der Waals surface area contributed by atoms with Gasteiger partial charge in [-0.25, -0.2) is 0 Å². The molecule has 0 spiro atoms. The quantitative estimate of drug-likeness (QED) is 0.186. The average Bonchev–Trinajstić information content (AvgIpc) is 2.50. The summed E-state index contributed by atoms with van der Waals surface area (Å²) in [7, 11) is -0.493. The van der Waals surface area contributed by atoms with E-state index < -0.39 is 8.46 Å². The second kappa shape index (κ2) is 19.3. The van der Waals surface area contributed by atoms with Crippen LogP contribution in [-0.2, 0) is 4.57 Å². The Morgan fingerprint density at radius 3 is 1.18 bits per heavy atom. The predicted octanol–water partition coefficient (Wildman–Crippen LogP) is 7.64. The average molecular weight is 331 g/mol. The van der Waals surface area contributed by atoms with Gasteiger partial charge >= 0.3 is 0 Å². The highest BCUT2D eigenvalue weighted by molar-refractivity contribution is 7.23. The van der Waals surface area contributed by atoms with Crippen LogP contribution in [0.5, 0.6) is 0 Å². The summed E-state index contributed by atoms with van der Waals surface area (Å²) in [6.45, 7) is 4.66. The minimum absolute atomic E-state index is 0.493. The maximum atomic E-state index is 10.4. The molecule has 2 heteroatoms. The molecule has 0 N–H and O–H groups in total. The maximum Gasteiger partial charge on any atom is 0.0645 e. The summed E-state index contributed by atoms with van der Waals surface area (Å²) >= 11 is 0. The van der Waals surface area contributed by atoms with Crippen molar-refractivity contribution < 1.29 is 4.57 Å². The Balaban J connectivity index is 2.95. The Hall–Kier alpha value is 0.230. The van der Waals surface area contributed by atoms with Crippen LogP contribution in [-0.4, -0.2) is 6.16 Å². The van der Waals surface area contributed by atoms with E-state index in [1.54, 1.807) is 0 Å². The molecule has 0 aliphatic heterocycles. The van der Waals surface area contributed by atoms with Gasteiger partial charge in [-0.1, -0.05) is 110 Å². The molecular weight excluding hydrogens is 287 g/mol. The number of unbranched alkanes of at least 4 members (excludes halogenated alkanes) is 14. The Kier molecular flexibility index (Phi) is 19.5. The first-order chi connectivity index (χ1) is 10.8. The standard InChI is InChI=1S/C20H43OP/c1-20(2)18-16-14-12-10-8-6-4-3-5-7-9-11-13-15-17-19-22-21/h20H,3-19,22H2,1-2H3. The lowest BCUT2D eigenvalue weighted by molar-refractivity contribution is 0.502. The van der Waals surface area contributed by atoms with E-state index in [1.165, 1.54) is 103 Å². The van der Waals surface area contributed by atoms with E-state index in [0.29, 0.717) is 0 Å². The van der Waals surface area contributed by atoms with E-state index in [-0.39, 0.29) is 0 Å². The van der Waals surface area contributed by atoms with E-state index in [1.807, 2.05) is 0 Å². The molecule has 22 heavy (non-hydrogen) atoms. The molecule has 0 saturated heterocycles. The molecule has 0 bridgehead atoms. The highest BCUT2D eigenvalue weighted by atomic mass is 31.1. The van der Waals surface area contributed by atoms with Gasteiger partial charge in [0, 0.05) is 0 Å². The van der Waals surface area contributed by atoms with Gasteiger partial charge in [0.05, 0.1) is 8.46 Å². The van der Waals surface area contributed by atoms with E-state index in [9.17, 15) is 4.57 Å². The van der Waals surface area contributed by atoms with Gasteiger partial charge in [-0.05, 0) is 18.5 Å². The van der Waals surface area contributed by atoms with Gasteiger partial charge in [0.1, 0.15) is 0 Å². The van der Waals surface area contributed by atoms with Crippen molar-refractivity contribution in [2.24, 2.45) is 5.92 Å². The zero-order valence-electron chi connectivity index (χ0n) is 15.6. The van der Waals surface area contributed by atoms with Crippen LogP contribution in [0, 0.1) is 5.92 Å². The molecule has 0 aliphatic rings. The molecule has 134 valence electrons. The molecule has 0 fully saturated rings. The van der Waals surface area contributed by atoms with E-state index in [2.05, 4.69) is 13.8 Å². The molecule has 0 radical (unpaired) electrons. The van der Waals surface area contributed by atoms with Gasteiger partial charge in [0.25, 0.3) is 0 Å². The smallest absolute Gasteiger partial charge is 0.0645 e. The van der Waals surface area contributed by atoms with Crippen molar-refractivity contribution in [1.82, 2.24) is 0 Å². The Bertz CT molecular complexity index is 216. The zero-order valence-corrected chi connectivity index (χ0v) is 16.7. The third kappa shape index (κ3) is 20.2. The largest absolute Gasteiger partial charge is 0.330 e. The highest BCUT2D eigenvalue weighted by Gasteiger charge is 1.96. The van der Waals surface area contributed by atoms with Crippen LogP contribution in [0.15, 0.2) is 0 Å². The summed E-state index contributed by atoms with van der Waals surface area (Å²) in [6, 6.07) is 0. The van der Waals surface area contributed by atoms with Crippen molar-refractivity contribution in [3.8, 4) is 0 Å². The van der Waals surface area contributed by atoms with E-state index in [4.69, 9.17) is 0 Å². The van der Waals surface area contributed by atoms with Crippen molar-refractivity contribution in [2.75, 3.05) is 6.16 Å². The van der Waals surface area contributed by atoms with Gasteiger partial charge in [-0.3, -0.25) is 0 Å². The zero-order chi connectivity index (χ0) is 16.3. The van der Waals surface area contributed by atoms with Crippen LogP contribution in [0.1, 0.15) is 117 Å². The molecule has 0 heterocycles. The van der Waals surface area contributed by atoms with Gasteiger partial charge in [0.2, 0.25) is 0 Å². The summed E-state index contributed by atoms with van der Waals surface area (Å²) in [5.41, 5.74) is 0. The summed E-state index contributed by atoms with van der Waals surface area (Å²) in [4.78, 5) is 0. The van der Waals surface area contributed by atoms with E-state index in [0.717, 1.165) is 12.1 Å². The Morgan fingerprint density at radius 2 is 0.864 bits per heavy atom. The molecule has 1 nitrogen and oxygen atoms in total. The fourth-order valence-corrected chi connectivity index (χ4v) is 3.53. The molecule has 0 saturated carbocycles. The summed E-state index contributed by atoms with van der Waals surface area (Å²) in [5.74, 6) is 0.888. The van der Waals surface area contributed by atoms with Crippen LogP contribution < -0.4 is 0 Å². The monoisotopic (exact) mass is 330 g/mol. The molecule has 0 aromatic carbocycles. The van der Waals surface area contributed by atoms with Crippen molar-refractivity contribution in [2.45, 2.75) is 117 Å². The Morgan fingerprint density at radius 1 is 0.545 bits per heavy atom. The van der Waals surface area contributed by atoms with Crippen LogP contribution >= 0.6 is 8.46 Å². The third-order valence-electron chi connectivity index (χ3n) is 4.60. The summed E-state index contributed by atoms with van der Waals surface area (Å²) in [5, 5.41) is 0. The first kappa shape index (κ1) is 22.2. The fourth-order valence-electron chi connectivity index (χ4n) is 3.08. The molecule has 0 rings (SSSR count). The first-order valence-corrected chi connectivity index (χ1v) is 11.5. The molecule has 1 unspecified atom stereocenters. The van der Waals surface area contributed by atoms with Crippen molar-refractivity contribution in [1.29, 1.82) is 0 Å². The third-order valence-corrected chi connectivity index (χ3v) is 5.25. The fraction of sp³-hybridized carbons (Fsp3) is 1.00. The lowest BCUT2D eigenvalue weighted by Crippen LogP contribution is -1.87. The Labute approximate surface area is 142 Å². The van der Waals surface area contributed by atoms with Crippen molar-refractivity contribution in [3.05, 3.63) is 0 Å². The minimum Gasteiger partial charge on any atom is -0.330 e. The van der Waals surface area contributed by atoms with E-state index >= 15 is 0 Å². The lowest BCUT2D eigenvalue weighted by Gasteiger charge is -2.05. The number of hydrogen-bond acceptors (Lipinski definition) is 1. The molecular formula is C20H43OP. The number of rotatable bonds is 18. The normalized spacial score (nSPS) is 12.0. The first-order valence-electron chi connectivity index (χ1n) is 10.2. The lowest BCUT2D eigenvalue weighted by atomic mass is 10.0. The molecule has 0 aliphatic carbocycles. The molecule has 0 aromatic heterocycles. The summed E-state index contributed by atoms with van der Waals surface area (Å²) < 4.78 is 10.4. The topological polar surface area (TPSA) is 17.1 Å². The van der Waals surface area contributed by atoms with Gasteiger partial charge in [-0.2, -0.15) is 0 Å². The molecule has 0 amide bonds. The van der Waals surface area contributed by atoms with Crippen LogP contribution in [0.2, 0.25) is 0 Å². The van der Waals surface area contributed by atoms with Crippen molar-refractivity contribution >= 4 is 8.46 Å². The van der Waals surface area contributed by atoms with Crippen LogP contribution in [0.4, 0.5) is 0 Å². The van der Waals surface area contributed by atoms with Gasteiger partial charge in [-0.15, -0.1) is 0 Å². The number of hydrogen-bond donors (Lipinski definition) is 0. The van der Waals surface area contributed by atoms with Gasteiger partial charge in [0.15, 0.2) is 0 Å². The van der Waals surface area contributed by atoms with Crippen molar-refractivity contribution in [3.63, 3.8) is 0 Å². The maximum absolute atomic E-state index is 10.4. The second-order valence-corrected chi connectivity index (χ2v) is 8.35. The predicted molar refractivity (Wildman–Crippen MR) is 104 cm³/mol. The molecule has 0 aromatic rings. The summed E-state index contributed by atoms with van der Waals surface area (Å²) in [6.07, 6.45) is 23.6. The highest BCUT2D eigenvalue weighted by Crippen LogP contribution is 2.15. The van der Waals surface area contributed by atoms with Crippen LogP contribution in [0.3, 0.4) is 0 Å². The second-order valence-electron chi connectivity index (χ2n) is 7.44. The SMILES string of the molecule is CC(C)CCCCCCCCCCCCCCCCC[PH2]=O. The molecule has 1 atom stereocenters.